The lowest BCUT2D eigenvalue weighted by Crippen LogP contribution is -2.21. The molecule has 0 aliphatic rings. The maximum atomic E-state index is 10.2. The molecule has 0 bridgehead atoms. The molecular weight excluding hydrogens is 256 g/mol. The molecule has 120 valence electrons. The molecule has 0 saturated carbocycles. The van der Waals surface area contributed by atoms with E-state index >= 15 is 0 Å². The lowest BCUT2D eigenvalue weighted by Gasteiger charge is -2.05. The van der Waals surface area contributed by atoms with Crippen molar-refractivity contribution in [3.05, 3.63) is 0 Å². The minimum atomic E-state index is -0.926. The summed E-state index contributed by atoms with van der Waals surface area (Å²) in [6, 6.07) is 0. The maximum Gasteiger partial charge on any atom is 0.404 e. The zero-order valence-electron chi connectivity index (χ0n) is 12.7. The number of nitrogens with one attached hydrogen (secondary N) is 1. The van der Waals surface area contributed by atoms with Crippen LogP contribution in [0.5, 0.6) is 0 Å². The molecule has 5 nitrogen and oxygen atoms in total. The standard InChI is InChI=1S/C15H32N2O3/c16-11-7-3-6-10-14-20-13-9-5-2-1-4-8-12-17-15(18)19/h17H,1-14,16H2,(H,18,19). The molecule has 4 N–H and O–H groups in total. The highest BCUT2D eigenvalue weighted by Gasteiger charge is 1.95. The number of ether oxygens (including phenoxy) is 1. The van der Waals surface area contributed by atoms with Gasteiger partial charge in [0.15, 0.2) is 0 Å². The van der Waals surface area contributed by atoms with Crippen LogP contribution in [0.25, 0.3) is 0 Å². The average molecular weight is 288 g/mol. The van der Waals surface area contributed by atoms with Crippen molar-refractivity contribution in [2.75, 3.05) is 26.3 Å². The first-order valence-electron chi connectivity index (χ1n) is 8.02. The molecule has 0 heterocycles. The first-order valence-corrected chi connectivity index (χ1v) is 8.02. The number of hydrogen-bond acceptors (Lipinski definition) is 3. The highest BCUT2D eigenvalue weighted by Crippen LogP contribution is 2.05. The van der Waals surface area contributed by atoms with E-state index in [-0.39, 0.29) is 0 Å². The summed E-state index contributed by atoms with van der Waals surface area (Å²) in [5.74, 6) is 0. The molecule has 0 aliphatic carbocycles. The highest BCUT2D eigenvalue weighted by atomic mass is 16.5. The Morgan fingerprint density at radius 1 is 0.850 bits per heavy atom. The summed E-state index contributed by atoms with van der Waals surface area (Å²) in [7, 11) is 0. The van der Waals surface area contributed by atoms with Gasteiger partial charge >= 0.3 is 6.09 Å². The topological polar surface area (TPSA) is 84.6 Å². The lowest BCUT2D eigenvalue weighted by atomic mass is 10.1. The molecule has 0 aromatic rings. The van der Waals surface area contributed by atoms with E-state index < -0.39 is 6.09 Å². The predicted octanol–water partition coefficient (Wildman–Crippen LogP) is 3.13. The molecule has 0 radical (unpaired) electrons. The van der Waals surface area contributed by atoms with Gasteiger partial charge in [0.05, 0.1) is 0 Å². The van der Waals surface area contributed by atoms with Crippen molar-refractivity contribution in [2.24, 2.45) is 5.73 Å². The van der Waals surface area contributed by atoms with Crippen molar-refractivity contribution in [1.29, 1.82) is 0 Å². The number of nitrogens with two attached hydrogens (primary N) is 1. The molecule has 0 spiro atoms. The van der Waals surface area contributed by atoms with E-state index in [1.807, 2.05) is 0 Å². The molecule has 0 aliphatic heterocycles. The Morgan fingerprint density at radius 3 is 1.90 bits per heavy atom. The Bertz CT molecular complexity index is 213. The third-order valence-electron chi connectivity index (χ3n) is 3.23. The zero-order chi connectivity index (χ0) is 14.9. The van der Waals surface area contributed by atoms with Gasteiger partial charge in [-0.1, -0.05) is 38.5 Å². The normalized spacial score (nSPS) is 10.7. The number of unbranched alkanes of at least 4 members (excludes halogenated alkanes) is 8. The van der Waals surface area contributed by atoms with E-state index in [0.29, 0.717) is 6.54 Å². The van der Waals surface area contributed by atoms with Crippen molar-refractivity contribution in [3.63, 3.8) is 0 Å². The quantitative estimate of drug-likeness (QED) is 0.404. The van der Waals surface area contributed by atoms with Gasteiger partial charge in [0, 0.05) is 19.8 Å². The summed E-state index contributed by atoms with van der Waals surface area (Å²) in [6.45, 7) is 3.12. The molecular formula is C15H32N2O3. The van der Waals surface area contributed by atoms with Crippen LogP contribution >= 0.6 is 0 Å². The van der Waals surface area contributed by atoms with Crippen LogP contribution in [0.15, 0.2) is 0 Å². The number of carboxylic acid groups (broad SMARTS) is 1. The minimum Gasteiger partial charge on any atom is -0.465 e. The molecule has 0 fully saturated rings. The first kappa shape index (κ1) is 19.2. The summed E-state index contributed by atoms with van der Waals surface area (Å²) < 4.78 is 5.58. The number of rotatable bonds is 15. The molecule has 1 amide bonds. The summed E-state index contributed by atoms with van der Waals surface area (Å²) in [5.41, 5.74) is 5.43. The van der Waals surface area contributed by atoms with Gasteiger partial charge in [-0.2, -0.15) is 0 Å². The van der Waals surface area contributed by atoms with Crippen LogP contribution in [0.3, 0.4) is 0 Å². The van der Waals surface area contributed by atoms with Gasteiger partial charge in [-0.05, 0) is 32.2 Å². The Balaban J connectivity index is 2.94. The number of amides is 1. The first-order chi connectivity index (χ1) is 9.77. The van der Waals surface area contributed by atoms with E-state index in [1.54, 1.807) is 0 Å². The van der Waals surface area contributed by atoms with E-state index in [9.17, 15) is 4.79 Å². The summed E-state index contributed by atoms with van der Waals surface area (Å²) in [6.07, 6.45) is 10.6. The van der Waals surface area contributed by atoms with Crippen LogP contribution < -0.4 is 11.1 Å². The van der Waals surface area contributed by atoms with Crippen LogP contribution in [0, 0.1) is 0 Å². The van der Waals surface area contributed by atoms with Crippen molar-refractivity contribution in [2.45, 2.75) is 64.2 Å². The minimum absolute atomic E-state index is 0.572. The summed E-state index contributed by atoms with van der Waals surface area (Å²) >= 11 is 0. The molecule has 5 heteroatoms. The third kappa shape index (κ3) is 17.2. The number of carbonyl (C=O) groups is 1. The van der Waals surface area contributed by atoms with Crippen LogP contribution in [0.1, 0.15) is 64.2 Å². The van der Waals surface area contributed by atoms with Gasteiger partial charge in [0.2, 0.25) is 0 Å². The lowest BCUT2D eigenvalue weighted by molar-refractivity contribution is 0.125. The van der Waals surface area contributed by atoms with Crippen molar-refractivity contribution in [1.82, 2.24) is 5.32 Å². The average Bonchev–Trinajstić information content (AvgIpc) is 2.43. The van der Waals surface area contributed by atoms with Crippen molar-refractivity contribution < 1.29 is 14.6 Å². The number of hydrogen-bond donors (Lipinski definition) is 3. The van der Waals surface area contributed by atoms with E-state index in [2.05, 4.69) is 5.32 Å². The fourth-order valence-corrected chi connectivity index (χ4v) is 2.04. The molecule has 0 rings (SSSR count). The van der Waals surface area contributed by atoms with Gasteiger partial charge in [-0.15, -0.1) is 0 Å². The van der Waals surface area contributed by atoms with E-state index in [4.69, 9.17) is 15.6 Å². The van der Waals surface area contributed by atoms with Crippen LogP contribution in [0.4, 0.5) is 4.79 Å². The SMILES string of the molecule is NCCCCCCOCCCCCCCCNC(=O)O. The second kappa shape index (κ2) is 16.2. The maximum absolute atomic E-state index is 10.2. The van der Waals surface area contributed by atoms with Gasteiger partial charge in [0.25, 0.3) is 0 Å². The van der Waals surface area contributed by atoms with Crippen LogP contribution in [-0.4, -0.2) is 37.5 Å². The Labute approximate surface area is 123 Å². The monoisotopic (exact) mass is 288 g/mol. The fraction of sp³-hybridized carbons (Fsp3) is 0.933. The second-order valence-electron chi connectivity index (χ2n) is 5.17. The Kier molecular flexibility index (Phi) is 15.6. The predicted molar refractivity (Wildman–Crippen MR) is 82.1 cm³/mol. The highest BCUT2D eigenvalue weighted by molar-refractivity contribution is 5.64. The molecule has 0 aromatic heterocycles. The molecule has 20 heavy (non-hydrogen) atoms. The van der Waals surface area contributed by atoms with Crippen LogP contribution in [-0.2, 0) is 4.74 Å². The second-order valence-corrected chi connectivity index (χ2v) is 5.17. The fourth-order valence-electron chi connectivity index (χ4n) is 2.04. The largest absolute Gasteiger partial charge is 0.465 e. The van der Waals surface area contributed by atoms with Gasteiger partial charge in [-0.25, -0.2) is 4.79 Å². The molecule has 0 atom stereocenters. The molecule has 0 saturated heterocycles. The third-order valence-corrected chi connectivity index (χ3v) is 3.23. The van der Waals surface area contributed by atoms with Gasteiger partial charge < -0.3 is 20.9 Å². The zero-order valence-corrected chi connectivity index (χ0v) is 12.7. The van der Waals surface area contributed by atoms with Crippen LogP contribution in [0.2, 0.25) is 0 Å². The Morgan fingerprint density at radius 2 is 1.35 bits per heavy atom. The molecule has 0 aromatic carbocycles. The van der Waals surface area contributed by atoms with Gasteiger partial charge in [-0.3, -0.25) is 0 Å². The summed E-state index contributed by atoms with van der Waals surface area (Å²) in [4.78, 5) is 10.2. The van der Waals surface area contributed by atoms with Crippen molar-refractivity contribution >= 4 is 6.09 Å². The molecule has 0 unspecified atom stereocenters. The Hall–Kier alpha value is -0.810. The smallest absolute Gasteiger partial charge is 0.404 e. The van der Waals surface area contributed by atoms with Gasteiger partial charge in [0.1, 0.15) is 0 Å². The van der Waals surface area contributed by atoms with Crippen molar-refractivity contribution in [3.8, 4) is 0 Å². The summed E-state index contributed by atoms with van der Waals surface area (Å²) in [5, 5.41) is 10.8. The van der Waals surface area contributed by atoms with E-state index in [1.165, 1.54) is 32.1 Å². The van der Waals surface area contributed by atoms with E-state index in [0.717, 1.165) is 51.9 Å².